The first-order valence-electron chi connectivity index (χ1n) is 26.1. The Morgan fingerprint density at radius 3 is 1.08 bits per heavy atom. The predicted molar refractivity (Wildman–Crippen MR) is 249 cm³/mol. The normalized spacial score (nSPS) is 13.5. The third kappa shape index (κ3) is 35.6. The molecule has 348 valence electrons. The molecule has 1 aliphatic rings. The molecule has 59 heavy (non-hydrogen) atoms. The topological polar surface area (TPSA) is 82.1 Å². The summed E-state index contributed by atoms with van der Waals surface area (Å²) in [5.41, 5.74) is 0. The van der Waals surface area contributed by atoms with Gasteiger partial charge in [-0.25, -0.2) is 0 Å². The van der Waals surface area contributed by atoms with Crippen molar-refractivity contribution >= 4 is 17.9 Å². The molecule has 7 heteroatoms. The van der Waals surface area contributed by atoms with Crippen molar-refractivity contribution < 1.29 is 28.6 Å². The van der Waals surface area contributed by atoms with Crippen LogP contribution in [0.4, 0.5) is 0 Å². The number of piperidine rings is 1. The first-order chi connectivity index (χ1) is 28.9. The number of unbranched alkanes of at least 4 members (excludes halogenated alkanes) is 22. The largest absolute Gasteiger partial charge is 0.465 e. The van der Waals surface area contributed by atoms with E-state index in [4.69, 9.17) is 14.2 Å². The Morgan fingerprint density at radius 1 is 0.407 bits per heavy atom. The van der Waals surface area contributed by atoms with Gasteiger partial charge in [-0.3, -0.25) is 14.4 Å². The standard InChI is InChI=1S/C52H99NO6/c1-5-47(6-2)45-57-50(54)39-32-27-23-19-15-11-9-13-17-21-25-30-37-49(59-52(56)41-36-44-53-42-34-29-35-43-53)38-31-26-22-18-14-10-12-16-20-24-28-33-40-51(55)58-46-48(7-3)8-4/h47-49H,5-46H2,1-4H3. The fourth-order valence-electron chi connectivity index (χ4n) is 8.57. The maximum atomic E-state index is 12.9. The zero-order chi connectivity index (χ0) is 42.9. The number of ether oxygens (including phenoxy) is 3. The molecule has 0 atom stereocenters. The van der Waals surface area contributed by atoms with E-state index in [0.29, 0.717) is 44.3 Å². The molecule has 0 bridgehead atoms. The first kappa shape index (κ1) is 55.4. The van der Waals surface area contributed by atoms with E-state index >= 15 is 0 Å². The number of hydrogen-bond acceptors (Lipinski definition) is 7. The molecule has 0 unspecified atom stereocenters. The average molecular weight is 834 g/mol. The van der Waals surface area contributed by atoms with E-state index in [9.17, 15) is 14.4 Å². The van der Waals surface area contributed by atoms with Gasteiger partial charge in [-0.1, -0.05) is 188 Å². The molecule has 0 aromatic rings. The van der Waals surface area contributed by atoms with Crippen molar-refractivity contribution in [1.29, 1.82) is 0 Å². The third-order valence-corrected chi connectivity index (χ3v) is 13.2. The molecule has 1 aliphatic heterocycles. The fourth-order valence-corrected chi connectivity index (χ4v) is 8.57. The van der Waals surface area contributed by atoms with E-state index in [2.05, 4.69) is 32.6 Å². The molecular formula is C52H99NO6. The van der Waals surface area contributed by atoms with Crippen molar-refractivity contribution in [2.24, 2.45) is 11.8 Å². The van der Waals surface area contributed by atoms with Gasteiger partial charge in [0, 0.05) is 19.3 Å². The summed E-state index contributed by atoms with van der Waals surface area (Å²) >= 11 is 0. The highest BCUT2D eigenvalue weighted by atomic mass is 16.5. The lowest BCUT2D eigenvalue weighted by molar-refractivity contribution is -0.150. The third-order valence-electron chi connectivity index (χ3n) is 13.2. The fraction of sp³-hybridized carbons (Fsp3) is 0.942. The average Bonchev–Trinajstić information content (AvgIpc) is 3.24. The predicted octanol–water partition coefficient (Wildman–Crippen LogP) is 15.0. The lowest BCUT2D eigenvalue weighted by Gasteiger charge is -2.26. The second kappa shape index (κ2) is 41.7. The number of hydrogen-bond donors (Lipinski definition) is 0. The van der Waals surface area contributed by atoms with Crippen LogP contribution in [0, 0.1) is 11.8 Å². The van der Waals surface area contributed by atoms with Crippen LogP contribution in [0.15, 0.2) is 0 Å². The molecule has 0 aromatic carbocycles. The van der Waals surface area contributed by atoms with Crippen LogP contribution in [-0.4, -0.2) is 61.8 Å². The smallest absolute Gasteiger partial charge is 0.306 e. The molecule has 0 aliphatic carbocycles. The van der Waals surface area contributed by atoms with E-state index in [-0.39, 0.29) is 24.0 Å². The number of carbonyl (C=O) groups is 3. The van der Waals surface area contributed by atoms with Crippen molar-refractivity contribution in [1.82, 2.24) is 4.90 Å². The van der Waals surface area contributed by atoms with Gasteiger partial charge in [-0.05, 0) is 89.3 Å². The number of likely N-dealkylation sites (tertiary alicyclic amines) is 1. The van der Waals surface area contributed by atoms with Crippen LogP contribution in [-0.2, 0) is 28.6 Å². The molecular weight excluding hydrogens is 735 g/mol. The van der Waals surface area contributed by atoms with Gasteiger partial charge >= 0.3 is 17.9 Å². The maximum absolute atomic E-state index is 12.9. The second-order valence-corrected chi connectivity index (χ2v) is 18.4. The van der Waals surface area contributed by atoms with E-state index in [1.54, 1.807) is 0 Å². The molecule has 0 radical (unpaired) electrons. The molecule has 0 spiro atoms. The van der Waals surface area contributed by atoms with Crippen molar-refractivity contribution in [3.63, 3.8) is 0 Å². The van der Waals surface area contributed by atoms with Crippen molar-refractivity contribution in [2.75, 3.05) is 32.8 Å². The van der Waals surface area contributed by atoms with Crippen molar-refractivity contribution in [3.05, 3.63) is 0 Å². The van der Waals surface area contributed by atoms with Gasteiger partial charge in [0.2, 0.25) is 0 Å². The molecule has 7 nitrogen and oxygen atoms in total. The van der Waals surface area contributed by atoms with Crippen LogP contribution in [0.5, 0.6) is 0 Å². The van der Waals surface area contributed by atoms with Gasteiger partial charge in [0.15, 0.2) is 0 Å². The van der Waals surface area contributed by atoms with Crippen LogP contribution in [0.25, 0.3) is 0 Å². The molecule has 1 saturated heterocycles. The molecule has 1 heterocycles. The monoisotopic (exact) mass is 834 g/mol. The summed E-state index contributed by atoms with van der Waals surface area (Å²) in [4.78, 5) is 39.3. The number of esters is 3. The van der Waals surface area contributed by atoms with Crippen molar-refractivity contribution in [3.8, 4) is 0 Å². The van der Waals surface area contributed by atoms with Gasteiger partial charge in [0.05, 0.1) is 13.2 Å². The number of rotatable bonds is 43. The van der Waals surface area contributed by atoms with E-state index in [1.165, 1.54) is 161 Å². The Balaban J connectivity index is 2.11. The summed E-state index contributed by atoms with van der Waals surface area (Å²) in [7, 11) is 0. The lowest BCUT2D eigenvalue weighted by Crippen LogP contribution is -2.31. The van der Waals surface area contributed by atoms with Crippen LogP contribution in [0.3, 0.4) is 0 Å². The lowest BCUT2D eigenvalue weighted by atomic mass is 10.0. The van der Waals surface area contributed by atoms with Crippen LogP contribution < -0.4 is 0 Å². The van der Waals surface area contributed by atoms with Crippen molar-refractivity contribution in [2.45, 2.75) is 271 Å². The minimum atomic E-state index is -0.0140. The Bertz CT molecular complexity index is 887. The first-order valence-corrected chi connectivity index (χ1v) is 26.1. The Hall–Kier alpha value is -1.63. The van der Waals surface area contributed by atoms with Crippen LogP contribution in [0.1, 0.15) is 265 Å². The van der Waals surface area contributed by atoms with Gasteiger partial charge < -0.3 is 19.1 Å². The van der Waals surface area contributed by atoms with Gasteiger partial charge in [0.1, 0.15) is 6.10 Å². The summed E-state index contributed by atoms with van der Waals surface area (Å²) < 4.78 is 17.0. The molecule has 0 N–H and O–H groups in total. The van der Waals surface area contributed by atoms with E-state index < -0.39 is 0 Å². The SMILES string of the molecule is CCC(CC)COC(=O)CCCCCCCCCCCCCCC(CCCCCCCCCCCCCCC(=O)OCC(CC)CC)OC(=O)CCCN1CCCCC1. The second-order valence-electron chi connectivity index (χ2n) is 18.4. The van der Waals surface area contributed by atoms with E-state index in [0.717, 1.165) is 77.2 Å². The van der Waals surface area contributed by atoms with Crippen LogP contribution >= 0.6 is 0 Å². The molecule has 0 saturated carbocycles. The molecule has 0 amide bonds. The maximum Gasteiger partial charge on any atom is 0.306 e. The minimum Gasteiger partial charge on any atom is -0.465 e. The number of carbonyl (C=O) groups excluding carboxylic acids is 3. The molecule has 1 fully saturated rings. The Labute approximate surface area is 366 Å². The van der Waals surface area contributed by atoms with Gasteiger partial charge in [0.25, 0.3) is 0 Å². The Kier molecular flexibility index (Phi) is 39.2. The van der Waals surface area contributed by atoms with Gasteiger partial charge in [-0.15, -0.1) is 0 Å². The summed E-state index contributed by atoms with van der Waals surface area (Å²) in [6.45, 7) is 13.3. The van der Waals surface area contributed by atoms with Crippen LogP contribution in [0.2, 0.25) is 0 Å². The Morgan fingerprint density at radius 2 is 0.729 bits per heavy atom. The highest BCUT2D eigenvalue weighted by Crippen LogP contribution is 2.20. The highest BCUT2D eigenvalue weighted by molar-refractivity contribution is 5.70. The zero-order valence-electron chi connectivity index (χ0n) is 39.8. The summed E-state index contributed by atoms with van der Waals surface area (Å²) in [5.74, 6) is 1.02. The summed E-state index contributed by atoms with van der Waals surface area (Å²) in [6, 6.07) is 0. The molecule has 0 aromatic heterocycles. The van der Waals surface area contributed by atoms with E-state index in [1.807, 2.05) is 0 Å². The quantitative estimate of drug-likeness (QED) is 0.0344. The number of nitrogens with zero attached hydrogens (tertiary/aromatic N) is 1. The van der Waals surface area contributed by atoms with Gasteiger partial charge in [-0.2, -0.15) is 0 Å². The summed E-state index contributed by atoms with van der Waals surface area (Å²) in [5, 5.41) is 0. The highest BCUT2D eigenvalue weighted by Gasteiger charge is 2.16. The molecule has 1 rings (SSSR count). The minimum absolute atomic E-state index is 0.0140. The zero-order valence-corrected chi connectivity index (χ0v) is 39.8. The summed E-state index contributed by atoms with van der Waals surface area (Å²) in [6.07, 6.45) is 42.9.